The lowest BCUT2D eigenvalue weighted by Crippen LogP contribution is -2.45. The molecule has 0 saturated heterocycles. The van der Waals surface area contributed by atoms with Gasteiger partial charge in [0.2, 0.25) is 0 Å². The fourth-order valence-electron chi connectivity index (χ4n) is 2.69. The number of halogens is 1. The highest BCUT2D eigenvalue weighted by Crippen LogP contribution is 2.41. The number of benzene rings is 1. The van der Waals surface area contributed by atoms with Gasteiger partial charge in [-0.1, -0.05) is 17.7 Å². The van der Waals surface area contributed by atoms with E-state index < -0.39 is 0 Å². The van der Waals surface area contributed by atoms with Gasteiger partial charge in [-0.3, -0.25) is 0 Å². The van der Waals surface area contributed by atoms with E-state index in [2.05, 4.69) is 11.4 Å². The van der Waals surface area contributed by atoms with E-state index in [1.807, 2.05) is 19.1 Å². The molecule has 1 N–H and O–H groups in total. The fraction of sp³-hybridized carbons (Fsp3) is 0.625. The zero-order valence-electron chi connectivity index (χ0n) is 11.5. The summed E-state index contributed by atoms with van der Waals surface area (Å²) in [6, 6.07) is 6.83. The molecule has 1 aromatic carbocycles. The van der Waals surface area contributed by atoms with Crippen LogP contribution in [0, 0.1) is 6.92 Å². The average Bonchev–Trinajstić information content (AvgIpc) is 3.13. The summed E-state index contributed by atoms with van der Waals surface area (Å²) in [5.41, 5.74) is 1.20. The van der Waals surface area contributed by atoms with Crippen LogP contribution in [0.1, 0.15) is 44.1 Å². The van der Waals surface area contributed by atoms with Crippen LogP contribution in [0.5, 0.6) is 5.75 Å². The lowest BCUT2D eigenvalue weighted by atomic mass is 9.77. The van der Waals surface area contributed by atoms with Crippen molar-refractivity contribution in [1.82, 2.24) is 5.32 Å². The van der Waals surface area contributed by atoms with Crippen molar-refractivity contribution in [3.63, 3.8) is 0 Å². The van der Waals surface area contributed by atoms with Gasteiger partial charge in [0, 0.05) is 6.04 Å². The maximum absolute atomic E-state index is 6.27. The number of nitrogens with one attached hydrogen (secondary N) is 1. The van der Waals surface area contributed by atoms with Gasteiger partial charge in [0.1, 0.15) is 11.4 Å². The Morgan fingerprint density at radius 3 is 2.74 bits per heavy atom. The summed E-state index contributed by atoms with van der Waals surface area (Å²) >= 11 is 6.27. The van der Waals surface area contributed by atoms with Crippen LogP contribution in [0.4, 0.5) is 0 Å². The van der Waals surface area contributed by atoms with E-state index in [-0.39, 0.29) is 5.60 Å². The summed E-state index contributed by atoms with van der Waals surface area (Å²) in [6.45, 7) is 3.11. The Morgan fingerprint density at radius 2 is 2.16 bits per heavy atom. The molecule has 3 rings (SSSR count). The largest absolute Gasteiger partial charge is 0.486 e. The number of hydrogen-bond acceptors (Lipinski definition) is 2. The monoisotopic (exact) mass is 279 g/mol. The lowest BCUT2D eigenvalue weighted by molar-refractivity contribution is -0.0142. The topological polar surface area (TPSA) is 21.3 Å². The number of aryl methyl sites for hydroxylation is 1. The van der Waals surface area contributed by atoms with Gasteiger partial charge >= 0.3 is 0 Å². The van der Waals surface area contributed by atoms with Gasteiger partial charge in [-0.05, 0) is 69.7 Å². The van der Waals surface area contributed by atoms with Crippen LogP contribution < -0.4 is 10.1 Å². The predicted molar refractivity (Wildman–Crippen MR) is 79.0 cm³/mol. The Morgan fingerprint density at radius 1 is 1.37 bits per heavy atom. The van der Waals surface area contributed by atoms with E-state index in [9.17, 15) is 0 Å². The normalized spacial score (nSPS) is 20.9. The van der Waals surface area contributed by atoms with Crippen molar-refractivity contribution in [2.75, 3.05) is 6.54 Å². The zero-order chi connectivity index (χ0) is 13.3. The van der Waals surface area contributed by atoms with Crippen LogP contribution in [0.2, 0.25) is 5.02 Å². The highest BCUT2D eigenvalue weighted by atomic mass is 35.5. The standard InChI is InChI=1S/C16H22ClNO/c1-12-3-6-15(14(17)11-12)19-16(7-2-8-16)9-10-18-13-4-5-13/h3,6,11,13,18H,2,4-5,7-10H2,1H3. The van der Waals surface area contributed by atoms with Crippen molar-refractivity contribution in [3.05, 3.63) is 28.8 Å². The second-order valence-corrected chi connectivity index (χ2v) is 6.46. The minimum Gasteiger partial charge on any atom is -0.486 e. The molecule has 0 atom stereocenters. The van der Waals surface area contributed by atoms with E-state index in [0.717, 1.165) is 42.6 Å². The molecule has 0 heterocycles. The van der Waals surface area contributed by atoms with Crippen molar-refractivity contribution in [3.8, 4) is 5.75 Å². The SMILES string of the molecule is Cc1ccc(OC2(CCNC3CC3)CCC2)c(Cl)c1. The molecule has 104 valence electrons. The van der Waals surface area contributed by atoms with Crippen molar-refractivity contribution in [2.45, 2.75) is 57.1 Å². The van der Waals surface area contributed by atoms with Crippen molar-refractivity contribution in [1.29, 1.82) is 0 Å². The second-order valence-electron chi connectivity index (χ2n) is 6.05. The molecule has 2 nitrogen and oxygen atoms in total. The van der Waals surface area contributed by atoms with Gasteiger partial charge in [-0.25, -0.2) is 0 Å². The van der Waals surface area contributed by atoms with Crippen LogP contribution in [-0.2, 0) is 0 Å². The highest BCUT2D eigenvalue weighted by Gasteiger charge is 2.39. The fourth-order valence-corrected chi connectivity index (χ4v) is 2.96. The third-order valence-electron chi connectivity index (χ3n) is 4.27. The molecule has 0 bridgehead atoms. The van der Waals surface area contributed by atoms with Gasteiger partial charge in [-0.15, -0.1) is 0 Å². The summed E-state index contributed by atoms with van der Waals surface area (Å²) in [4.78, 5) is 0. The minimum absolute atomic E-state index is 0.0286. The lowest BCUT2D eigenvalue weighted by Gasteiger charge is -2.42. The van der Waals surface area contributed by atoms with Crippen LogP contribution in [-0.4, -0.2) is 18.2 Å². The van der Waals surface area contributed by atoms with Crippen molar-refractivity contribution < 1.29 is 4.74 Å². The van der Waals surface area contributed by atoms with Gasteiger partial charge in [0.25, 0.3) is 0 Å². The summed E-state index contributed by atoms with van der Waals surface area (Å²) in [5, 5.41) is 4.31. The van der Waals surface area contributed by atoms with E-state index in [1.165, 1.54) is 24.8 Å². The summed E-state index contributed by atoms with van der Waals surface area (Å²) in [7, 11) is 0. The average molecular weight is 280 g/mol. The van der Waals surface area contributed by atoms with Gasteiger partial charge < -0.3 is 10.1 Å². The highest BCUT2D eigenvalue weighted by molar-refractivity contribution is 6.32. The van der Waals surface area contributed by atoms with E-state index in [1.54, 1.807) is 0 Å². The second kappa shape index (κ2) is 5.34. The summed E-state index contributed by atoms with van der Waals surface area (Å²) in [6.07, 6.45) is 7.36. The molecule has 0 aliphatic heterocycles. The molecule has 1 aromatic rings. The van der Waals surface area contributed by atoms with Crippen LogP contribution in [0.3, 0.4) is 0 Å². The maximum atomic E-state index is 6.27. The first-order chi connectivity index (χ1) is 9.17. The molecule has 2 saturated carbocycles. The van der Waals surface area contributed by atoms with Gasteiger partial charge in [-0.2, -0.15) is 0 Å². The first-order valence-electron chi connectivity index (χ1n) is 7.35. The zero-order valence-corrected chi connectivity index (χ0v) is 12.3. The first kappa shape index (κ1) is 13.3. The van der Waals surface area contributed by atoms with E-state index >= 15 is 0 Å². The third-order valence-corrected chi connectivity index (χ3v) is 4.56. The van der Waals surface area contributed by atoms with Crippen LogP contribution in [0.25, 0.3) is 0 Å². The Labute approximate surface area is 120 Å². The number of hydrogen-bond donors (Lipinski definition) is 1. The molecule has 0 unspecified atom stereocenters. The van der Waals surface area contributed by atoms with Crippen molar-refractivity contribution in [2.24, 2.45) is 0 Å². The van der Waals surface area contributed by atoms with E-state index in [4.69, 9.17) is 16.3 Å². The Hall–Kier alpha value is -0.730. The quantitative estimate of drug-likeness (QED) is 0.847. The predicted octanol–water partition coefficient (Wildman–Crippen LogP) is 4.09. The first-order valence-corrected chi connectivity index (χ1v) is 7.73. The van der Waals surface area contributed by atoms with Crippen LogP contribution >= 0.6 is 11.6 Å². The molecular formula is C16H22ClNO. The molecule has 0 aromatic heterocycles. The molecule has 0 radical (unpaired) electrons. The molecule has 3 heteroatoms. The Balaban J connectivity index is 1.60. The molecule has 2 fully saturated rings. The molecule has 0 amide bonds. The molecule has 0 spiro atoms. The summed E-state index contributed by atoms with van der Waals surface area (Å²) in [5.74, 6) is 0.846. The van der Waals surface area contributed by atoms with Crippen LogP contribution in [0.15, 0.2) is 18.2 Å². The minimum atomic E-state index is 0.0286. The third kappa shape index (κ3) is 3.24. The molecule has 19 heavy (non-hydrogen) atoms. The van der Waals surface area contributed by atoms with Gasteiger partial charge in [0.05, 0.1) is 5.02 Å². The molecule has 2 aliphatic carbocycles. The number of rotatable bonds is 6. The summed E-state index contributed by atoms with van der Waals surface area (Å²) < 4.78 is 6.25. The molecule has 2 aliphatic rings. The van der Waals surface area contributed by atoms with E-state index in [0.29, 0.717) is 0 Å². The van der Waals surface area contributed by atoms with Crippen molar-refractivity contribution >= 4 is 11.6 Å². The Bertz CT molecular complexity index is 452. The van der Waals surface area contributed by atoms with Gasteiger partial charge in [0.15, 0.2) is 0 Å². The Kier molecular flexibility index (Phi) is 3.72. The maximum Gasteiger partial charge on any atom is 0.138 e. The molecular weight excluding hydrogens is 258 g/mol. The smallest absolute Gasteiger partial charge is 0.138 e. The number of ether oxygens (including phenoxy) is 1.